The summed E-state index contributed by atoms with van der Waals surface area (Å²) in [5.74, 6) is -0.148. The number of amides is 1. The fourth-order valence-corrected chi connectivity index (χ4v) is 1.13. The van der Waals surface area contributed by atoms with Gasteiger partial charge in [0.2, 0.25) is 5.91 Å². The van der Waals surface area contributed by atoms with Gasteiger partial charge in [0.05, 0.1) is 6.54 Å². The van der Waals surface area contributed by atoms with Crippen LogP contribution in [0.15, 0.2) is 18.5 Å². The lowest BCUT2D eigenvalue weighted by Crippen LogP contribution is -2.36. The van der Waals surface area contributed by atoms with E-state index in [1.165, 1.54) is 0 Å². The van der Waals surface area contributed by atoms with E-state index in [0.29, 0.717) is 6.54 Å². The van der Waals surface area contributed by atoms with Gasteiger partial charge in [0.1, 0.15) is 5.88 Å². The highest BCUT2D eigenvalue weighted by Gasteiger charge is 2.05. The van der Waals surface area contributed by atoms with Crippen molar-refractivity contribution in [2.45, 2.75) is 19.5 Å². The van der Waals surface area contributed by atoms with Crippen LogP contribution in [-0.4, -0.2) is 27.6 Å². The molecule has 0 fully saturated rings. The number of nitrogens with one attached hydrogen (secondary N) is 1. The van der Waals surface area contributed by atoms with E-state index in [0.717, 1.165) is 0 Å². The maximum atomic E-state index is 10.9. The monoisotopic (exact) mass is 201 g/mol. The minimum atomic E-state index is -0.152. The number of carbonyl (C=O) groups excluding carboxylic acids is 1. The summed E-state index contributed by atoms with van der Waals surface area (Å²) in [6.07, 6.45) is 3.56. The first kappa shape index (κ1) is 10.1. The Morgan fingerprint density at radius 2 is 2.54 bits per heavy atom. The van der Waals surface area contributed by atoms with Gasteiger partial charge in [-0.15, -0.1) is 11.6 Å². The van der Waals surface area contributed by atoms with Gasteiger partial charge in [-0.2, -0.15) is 5.10 Å². The van der Waals surface area contributed by atoms with Crippen molar-refractivity contribution in [2.24, 2.45) is 0 Å². The summed E-state index contributed by atoms with van der Waals surface area (Å²) in [4.78, 5) is 10.9. The molecule has 0 aromatic carbocycles. The Morgan fingerprint density at radius 1 is 1.77 bits per heavy atom. The number of rotatable bonds is 4. The number of hydrogen-bond acceptors (Lipinski definition) is 2. The third-order valence-corrected chi connectivity index (χ3v) is 1.79. The lowest BCUT2D eigenvalue weighted by atomic mass is 10.3. The molecule has 0 aliphatic carbocycles. The summed E-state index contributed by atoms with van der Waals surface area (Å²) < 4.78 is 1.76. The quantitative estimate of drug-likeness (QED) is 0.727. The van der Waals surface area contributed by atoms with Crippen molar-refractivity contribution < 1.29 is 4.79 Å². The Balaban J connectivity index is 2.33. The summed E-state index contributed by atoms with van der Waals surface area (Å²) in [5, 5.41) is 6.76. The number of carbonyl (C=O) groups is 1. The molecule has 1 rings (SSSR count). The minimum absolute atomic E-state index is 0.00342. The van der Waals surface area contributed by atoms with Crippen LogP contribution in [0.3, 0.4) is 0 Å². The standard InChI is InChI=1S/C8H12ClN3O/c1-7(11-8(13)5-9)6-12-4-2-3-10-12/h2-4,7H,5-6H2,1H3,(H,11,13). The van der Waals surface area contributed by atoms with Crippen LogP contribution in [0, 0.1) is 0 Å². The molecular formula is C8H12ClN3O. The predicted octanol–water partition coefficient (Wildman–Crippen LogP) is 0.627. The molecule has 1 amide bonds. The summed E-state index contributed by atoms with van der Waals surface area (Å²) in [6, 6.07) is 1.89. The Kier molecular flexibility index (Phi) is 3.76. The number of alkyl halides is 1. The number of nitrogens with zero attached hydrogens (tertiary/aromatic N) is 2. The molecule has 0 aliphatic heterocycles. The third-order valence-electron chi connectivity index (χ3n) is 1.55. The fraction of sp³-hybridized carbons (Fsp3) is 0.500. The average Bonchev–Trinajstić information content (AvgIpc) is 2.56. The Morgan fingerprint density at radius 3 is 3.08 bits per heavy atom. The highest BCUT2D eigenvalue weighted by molar-refractivity contribution is 6.27. The topological polar surface area (TPSA) is 46.9 Å². The highest BCUT2D eigenvalue weighted by atomic mass is 35.5. The van der Waals surface area contributed by atoms with Gasteiger partial charge < -0.3 is 5.32 Å². The molecule has 0 radical (unpaired) electrons. The van der Waals surface area contributed by atoms with Crippen molar-refractivity contribution in [2.75, 3.05) is 5.88 Å². The lowest BCUT2D eigenvalue weighted by Gasteiger charge is -2.12. The van der Waals surface area contributed by atoms with Crippen LogP contribution < -0.4 is 5.32 Å². The second-order valence-electron chi connectivity index (χ2n) is 2.83. The van der Waals surface area contributed by atoms with Gasteiger partial charge in [0.25, 0.3) is 0 Å². The van der Waals surface area contributed by atoms with Crippen LogP contribution in [0.1, 0.15) is 6.92 Å². The maximum absolute atomic E-state index is 10.9. The van der Waals surface area contributed by atoms with Crippen LogP contribution in [0.25, 0.3) is 0 Å². The molecule has 0 bridgehead atoms. The molecule has 1 N–H and O–H groups in total. The lowest BCUT2D eigenvalue weighted by molar-refractivity contribution is -0.119. The highest BCUT2D eigenvalue weighted by Crippen LogP contribution is 1.90. The molecular weight excluding hydrogens is 190 g/mol. The normalized spacial score (nSPS) is 12.5. The molecule has 0 saturated heterocycles. The zero-order chi connectivity index (χ0) is 9.68. The fourth-order valence-electron chi connectivity index (χ4n) is 1.05. The van der Waals surface area contributed by atoms with E-state index < -0.39 is 0 Å². The molecule has 13 heavy (non-hydrogen) atoms. The second-order valence-corrected chi connectivity index (χ2v) is 3.10. The summed E-state index contributed by atoms with van der Waals surface area (Å²) in [5.41, 5.74) is 0. The van der Waals surface area contributed by atoms with Gasteiger partial charge in [-0.3, -0.25) is 9.48 Å². The summed E-state index contributed by atoms with van der Waals surface area (Å²) in [7, 11) is 0. The van der Waals surface area contributed by atoms with E-state index in [2.05, 4.69) is 10.4 Å². The first-order chi connectivity index (χ1) is 6.22. The summed E-state index contributed by atoms with van der Waals surface area (Å²) >= 11 is 5.34. The van der Waals surface area contributed by atoms with Crippen LogP contribution in [0.4, 0.5) is 0 Å². The molecule has 1 heterocycles. The predicted molar refractivity (Wildman–Crippen MR) is 50.6 cm³/mol. The van der Waals surface area contributed by atoms with E-state index in [-0.39, 0.29) is 17.8 Å². The van der Waals surface area contributed by atoms with Gasteiger partial charge in [0, 0.05) is 18.4 Å². The van der Waals surface area contributed by atoms with Crippen molar-refractivity contribution in [3.63, 3.8) is 0 Å². The Hall–Kier alpha value is -1.03. The van der Waals surface area contributed by atoms with E-state index in [1.54, 1.807) is 10.9 Å². The molecule has 4 nitrogen and oxygen atoms in total. The smallest absolute Gasteiger partial charge is 0.235 e. The van der Waals surface area contributed by atoms with Gasteiger partial charge in [-0.1, -0.05) is 0 Å². The molecule has 1 unspecified atom stereocenters. The van der Waals surface area contributed by atoms with Gasteiger partial charge in [-0.25, -0.2) is 0 Å². The zero-order valence-corrected chi connectivity index (χ0v) is 8.16. The van der Waals surface area contributed by atoms with Gasteiger partial charge >= 0.3 is 0 Å². The summed E-state index contributed by atoms with van der Waals surface area (Å²) in [6.45, 7) is 2.57. The van der Waals surface area contributed by atoms with Crippen molar-refractivity contribution >= 4 is 17.5 Å². The van der Waals surface area contributed by atoms with Crippen molar-refractivity contribution in [3.8, 4) is 0 Å². The SMILES string of the molecule is CC(Cn1cccn1)NC(=O)CCl. The number of halogens is 1. The Bertz CT molecular complexity index is 260. The van der Waals surface area contributed by atoms with Crippen molar-refractivity contribution in [1.82, 2.24) is 15.1 Å². The molecule has 0 saturated carbocycles. The molecule has 1 aromatic heterocycles. The van der Waals surface area contributed by atoms with Crippen LogP contribution in [0.5, 0.6) is 0 Å². The van der Waals surface area contributed by atoms with Crippen LogP contribution in [-0.2, 0) is 11.3 Å². The van der Waals surface area contributed by atoms with Crippen molar-refractivity contribution in [1.29, 1.82) is 0 Å². The van der Waals surface area contributed by atoms with Gasteiger partial charge in [0.15, 0.2) is 0 Å². The zero-order valence-electron chi connectivity index (χ0n) is 7.40. The molecule has 5 heteroatoms. The van der Waals surface area contributed by atoms with E-state index in [4.69, 9.17) is 11.6 Å². The Labute approximate surface area is 81.9 Å². The second kappa shape index (κ2) is 4.87. The first-order valence-electron chi connectivity index (χ1n) is 4.05. The average molecular weight is 202 g/mol. The molecule has 1 aromatic rings. The van der Waals surface area contributed by atoms with E-state index >= 15 is 0 Å². The molecule has 1 atom stereocenters. The van der Waals surface area contributed by atoms with E-state index in [1.807, 2.05) is 19.2 Å². The van der Waals surface area contributed by atoms with Crippen LogP contribution in [0.2, 0.25) is 0 Å². The van der Waals surface area contributed by atoms with Crippen LogP contribution >= 0.6 is 11.6 Å². The third kappa shape index (κ3) is 3.46. The maximum Gasteiger partial charge on any atom is 0.235 e. The minimum Gasteiger partial charge on any atom is -0.351 e. The van der Waals surface area contributed by atoms with Crippen molar-refractivity contribution in [3.05, 3.63) is 18.5 Å². The van der Waals surface area contributed by atoms with Gasteiger partial charge in [-0.05, 0) is 13.0 Å². The van der Waals surface area contributed by atoms with E-state index in [9.17, 15) is 4.79 Å². The molecule has 0 spiro atoms. The number of aromatic nitrogens is 2. The molecule has 0 aliphatic rings. The molecule has 72 valence electrons. The largest absolute Gasteiger partial charge is 0.351 e. The number of hydrogen-bond donors (Lipinski definition) is 1. The first-order valence-corrected chi connectivity index (χ1v) is 4.58.